The second-order valence-corrected chi connectivity index (χ2v) is 19.1. The lowest BCUT2D eigenvalue weighted by atomic mass is 9.84. The van der Waals surface area contributed by atoms with Crippen molar-refractivity contribution in [2.24, 2.45) is 5.92 Å². The lowest BCUT2D eigenvalue weighted by molar-refractivity contribution is -0.121. The maximum absolute atomic E-state index is 15.0. The smallest absolute Gasteiger partial charge is 0.300 e. The Labute approximate surface area is 329 Å². The summed E-state index contributed by atoms with van der Waals surface area (Å²) in [6, 6.07) is 27.5. The zero-order valence-electron chi connectivity index (χ0n) is 32.9. The number of aryl methyl sites for hydroxylation is 2. The van der Waals surface area contributed by atoms with E-state index in [-0.39, 0.29) is 35.7 Å². The van der Waals surface area contributed by atoms with E-state index in [0.29, 0.717) is 56.0 Å². The maximum Gasteiger partial charge on any atom is 0.300 e. The lowest BCUT2D eigenvalue weighted by Crippen LogP contribution is -2.32. The molecule has 4 aromatic carbocycles. The summed E-state index contributed by atoms with van der Waals surface area (Å²) in [7, 11) is -7.81. The molecular weight excluding hydrogens is 742 g/mol. The molecule has 1 aliphatic rings. The van der Waals surface area contributed by atoms with E-state index in [0.717, 1.165) is 5.57 Å². The van der Waals surface area contributed by atoms with Crippen LogP contribution in [0.2, 0.25) is 0 Å². The molecule has 11 heteroatoms. The van der Waals surface area contributed by atoms with Gasteiger partial charge in [-0.1, -0.05) is 104 Å². The van der Waals surface area contributed by atoms with Gasteiger partial charge in [-0.25, -0.2) is 0 Å². The Bertz CT molecular complexity index is 2340. The van der Waals surface area contributed by atoms with Gasteiger partial charge in [-0.2, -0.15) is 0 Å². The largest absolute Gasteiger partial charge is 0.329 e. The molecule has 56 heavy (non-hydrogen) atoms. The van der Waals surface area contributed by atoms with Crippen LogP contribution in [0, 0.1) is 26.7 Å². The van der Waals surface area contributed by atoms with Crippen molar-refractivity contribution in [3.05, 3.63) is 154 Å². The van der Waals surface area contributed by atoms with Crippen LogP contribution in [0.3, 0.4) is 0 Å². The molecule has 0 spiro atoms. The van der Waals surface area contributed by atoms with E-state index in [4.69, 9.17) is 4.52 Å². The van der Waals surface area contributed by atoms with Crippen molar-refractivity contribution < 1.29 is 32.8 Å². The van der Waals surface area contributed by atoms with E-state index in [9.17, 15) is 28.3 Å². The van der Waals surface area contributed by atoms with Crippen molar-refractivity contribution in [2.45, 2.75) is 61.3 Å². The number of amides is 2. The quantitative estimate of drug-likeness (QED) is 0.0966. The predicted octanol–water partition coefficient (Wildman–Crippen LogP) is 8.56. The molecule has 2 amide bonds. The zero-order chi connectivity index (χ0) is 40.9. The van der Waals surface area contributed by atoms with E-state index < -0.39 is 37.4 Å². The molecule has 0 radical (unpaired) electrons. The standard InChI is InChI=1S/C45H48N2O7P2/c1-9-54-56(53,37-23-17-12-18-24-37)45(51)40-29(3)26-30(4)41(34(40)8)46-38(48)27-32(6)43(49)47-42-31(5)25-28(2)39(33(42)7)44(50)55(52,35-19-13-10-14-20-35)36-21-15-11-16-22-36/h10-25,30H,6,9,26-27H2,1-5,7-8H3,(H,46,48)(H,47,49). The first-order chi connectivity index (χ1) is 26.6. The number of carbonyl (C=O) groups is 4. The summed E-state index contributed by atoms with van der Waals surface area (Å²) in [4.78, 5) is 55.7. The van der Waals surface area contributed by atoms with Gasteiger partial charge >= 0.3 is 7.37 Å². The van der Waals surface area contributed by atoms with E-state index in [1.54, 1.807) is 132 Å². The first-order valence-electron chi connectivity index (χ1n) is 18.5. The first kappa shape index (κ1) is 42.0. The van der Waals surface area contributed by atoms with Crippen molar-refractivity contribution >= 4 is 59.0 Å². The molecule has 0 aromatic heterocycles. The van der Waals surface area contributed by atoms with Crippen LogP contribution in [-0.4, -0.2) is 29.5 Å². The van der Waals surface area contributed by atoms with Gasteiger partial charge in [0.25, 0.3) is 11.4 Å². The van der Waals surface area contributed by atoms with Crippen molar-refractivity contribution in [3.8, 4) is 0 Å². The highest BCUT2D eigenvalue weighted by Crippen LogP contribution is 2.52. The minimum absolute atomic E-state index is 0.0383. The number of carbonyl (C=O) groups excluding carboxylic acids is 4. The van der Waals surface area contributed by atoms with Gasteiger partial charge in [0, 0.05) is 49.9 Å². The third kappa shape index (κ3) is 8.17. The number of hydrogen-bond donors (Lipinski definition) is 2. The van der Waals surface area contributed by atoms with Gasteiger partial charge in [0.2, 0.25) is 18.6 Å². The van der Waals surface area contributed by atoms with Crippen LogP contribution in [0.1, 0.15) is 67.6 Å². The Hall–Kier alpha value is -5.20. The molecule has 0 fully saturated rings. The topological polar surface area (TPSA) is 136 Å². The SMILES string of the molecule is C=C(CC(=O)NC1=C(C)C(C(=O)P(=O)(OCC)c2ccccc2)=C(C)CC1C)C(=O)Nc1c(C)cc(C)c(C(=O)P(=O)(c2ccccc2)c2ccccc2)c1C. The van der Waals surface area contributed by atoms with Crippen LogP contribution in [0.5, 0.6) is 0 Å². The fourth-order valence-electron chi connectivity index (χ4n) is 7.45. The zero-order valence-corrected chi connectivity index (χ0v) is 34.7. The minimum Gasteiger partial charge on any atom is -0.329 e. The third-order valence-electron chi connectivity index (χ3n) is 10.1. The second-order valence-electron chi connectivity index (χ2n) is 14.2. The Balaban J connectivity index is 1.38. The molecule has 0 bridgehead atoms. The van der Waals surface area contributed by atoms with Crippen LogP contribution < -0.4 is 26.5 Å². The fraction of sp³-hybridized carbons (Fsp3) is 0.244. The molecule has 0 aliphatic heterocycles. The summed E-state index contributed by atoms with van der Waals surface area (Å²) < 4.78 is 34.8. The highest BCUT2D eigenvalue weighted by Gasteiger charge is 2.41. The molecule has 290 valence electrons. The molecule has 0 saturated carbocycles. The third-order valence-corrected chi connectivity index (χ3v) is 15.3. The average Bonchev–Trinajstić information content (AvgIpc) is 3.18. The van der Waals surface area contributed by atoms with Crippen molar-refractivity contribution in [1.29, 1.82) is 0 Å². The molecule has 5 rings (SSSR count). The molecule has 2 atom stereocenters. The summed E-state index contributed by atoms with van der Waals surface area (Å²) in [5.74, 6) is -1.33. The number of allylic oxidation sites excluding steroid dienone is 4. The van der Waals surface area contributed by atoms with E-state index in [1.807, 2.05) is 13.8 Å². The average molecular weight is 791 g/mol. The molecule has 2 unspecified atom stereocenters. The van der Waals surface area contributed by atoms with Crippen LogP contribution in [0.15, 0.2) is 132 Å². The van der Waals surface area contributed by atoms with Crippen molar-refractivity contribution in [2.75, 3.05) is 11.9 Å². The van der Waals surface area contributed by atoms with Crippen LogP contribution in [0.4, 0.5) is 5.69 Å². The monoisotopic (exact) mass is 790 g/mol. The van der Waals surface area contributed by atoms with Crippen molar-refractivity contribution in [1.82, 2.24) is 5.32 Å². The Morgan fingerprint density at radius 1 is 0.750 bits per heavy atom. The molecule has 0 saturated heterocycles. The summed E-state index contributed by atoms with van der Waals surface area (Å²) in [5, 5.41) is 6.87. The molecule has 4 aromatic rings. The summed E-state index contributed by atoms with van der Waals surface area (Å²) in [6.07, 6.45) is 0.0700. The molecule has 2 N–H and O–H groups in total. The number of anilines is 1. The van der Waals surface area contributed by atoms with Gasteiger partial charge < -0.3 is 19.7 Å². The highest BCUT2D eigenvalue weighted by atomic mass is 31.2. The fourth-order valence-corrected chi connectivity index (χ4v) is 12.1. The summed E-state index contributed by atoms with van der Waals surface area (Å²) in [6.45, 7) is 16.4. The molecule has 0 heterocycles. The Morgan fingerprint density at radius 3 is 1.79 bits per heavy atom. The van der Waals surface area contributed by atoms with Gasteiger partial charge in [-0.15, -0.1) is 0 Å². The highest BCUT2D eigenvalue weighted by molar-refractivity contribution is 7.93. The van der Waals surface area contributed by atoms with Gasteiger partial charge in [-0.3, -0.25) is 23.7 Å². The van der Waals surface area contributed by atoms with Crippen LogP contribution in [-0.2, 0) is 28.0 Å². The van der Waals surface area contributed by atoms with Gasteiger partial charge in [0.15, 0.2) is 0 Å². The van der Waals surface area contributed by atoms with Gasteiger partial charge in [0.1, 0.15) is 0 Å². The van der Waals surface area contributed by atoms with E-state index in [2.05, 4.69) is 17.2 Å². The number of rotatable bonds is 14. The van der Waals surface area contributed by atoms with E-state index >= 15 is 0 Å². The maximum atomic E-state index is 15.0. The Kier molecular flexibility index (Phi) is 13.0. The normalized spacial score (nSPS) is 15.5. The van der Waals surface area contributed by atoms with Gasteiger partial charge in [-0.05, 0) is 82.4 Å². The summed E-state index contributed by atoms with van der Waals surface area (Å²) >= 11 is 0. The van der Waals surface area contributed by atoms with E-state index in [1.165, 1.54) is 0 Å². The van der Waals surface area contributed by atoms with Crippen LogP contribution >= 0.6 is 14.5 Å². The lowest BCUT2D eigenvalue weighted by Gasteiger charge is -2.29. The molecule has 1 aliphatic carbocycles. The predicted molar refractivity (Wildman–Crippen MR) is 225 cm³/mol. The first-order valence-corrected chi connectivity index (χ1v) is 21.8. The summed E-state index contributed by atoms with van der Waals surface area (Å²) in [5.41, 5.74) is 3.09. The Morgan fingerprint density at radius 2 is 1.27 bits per heavy atom. The van der Waals surface area contributed by atoms with Gasteiger partial charge in [0.05, 0.1) is 13.0 Å². The van der Waals surface area contributed by atoms with Crippen LogP contribution in [0.25, 0.3) is 0 Å². The molecule has 9 nitrogen and oxygen atoms in total. The van der Waals surface area contributed by atoms with Crippen molar-refractivity contribution in [3.63, 3.8) is 0 Å². The number of nitrogens with one attached hydrogen (secondary N) is 2. The molecular formula is C45H48N2O7P2. The number of hydrogen-bond acceptors (Lipinski definition) is 7. The minimum atomic E-state index is -3.97. The second kappa shape index (κ2) is 17.3. The number of benzene rings is 4.